The number of hydrogen-bond acceptors (Lipinski definition) is 4. The summed E-state index contributed by atoms with van der Waals surface area (Å²) in [5.41, 5.74) is 1.65. The molecule has 0 spiro atoms. The van der Waals surface area contributed by atoms with Crippen LogP contribution in [0.3, 0.4) is 0 Å². The summed E-state index contributed by atoms with van der Waals surface area (Å²) in [5.74, 6) is 1.26. The fourth-order valence-corrected chi connectivity index (χ4v) is 2.53. The van der Waals surface area contributed by atoms with Crippen LogP contribution in [0.15, 0.2) is 76.2 Å². The smallest absolute Gasteiger partial charge is 0.216 e. The van der Waals surface area contributed by atoms with E-state index in [9.17, 15) is 4.79 Å². The van der Waals surface area contributed by atoms with Gasteiger partial charge in [-0.1, -0.05) is 42.5 Å². The van der Waals surface area contributed by atoms with Gasteiger partial charge in [-0.3, -0.25) is 9.48 Å². The van der Waals surface area contributed by atoms with Crippen molar-refractivity contribution in [3.8, 4) is 11.3 Å². The van der Waals surface area contributed by atoms with Crippen LogP contribution in [0.4, 0.5) is 0 Å². The zero-order chi connectivity index (χ0) is 15.6. The summed E-state index contributed by atoms with van der Waals surface area (Å²) < 4.78 is 7.52. The van der Waals surface area contributed by atoms with Crippen LogP contribution in [0.1, 0.15) is 5.89 Å². The number of nitrogens with zero attached hydrogens (tertiary/aromatic N) is 3. The molecule has 0 fully saturated rings. The Morgan fingerprint density at radius 3 is 2.61 bits per heavy atom. The van der Waals surface area contributed by atoms with Crippen molar-refractivity contribution in [2.75, 3.05) is 0 Å². The lowest BCUT2D eigenvalue weighted by Crippen LogP contribution is -2.12. The molecule has 0 radical (unpaired) electrons. The van der Waals surface area contributed by atoms with Gasteiger partial charge in [0.15, 0.2) is 5.76 Å². The van der Waals surface area contributed by atoms with Gasteiger partial charge >= 0.3 is 0 Å². The van der Waals surface area contributed by atoms with Crippen molar-refractivity contribution in [1.82, 2.24) is 14.8 Å². The van der Waals surface area contributed by atoms with Gasteiger partial charge in [-0.05, 0) is 12.1 Å². The molecule has 23 heavy (non-hydrogen) atoms. The van der Waals surface area contributed by atoms with E-state index in [1.165, 1.54) is 6.20 Å². The molecule has 2 heterocycles. The summed E-state index contributed by atoms with van der Waals surface area (Å²) in [6.45, 7) is 0.369. The monoisotopic (exact) mass is 303 g/mol. The van der Waals surface area contributed by atoms with E-state index in [4.69, 9.17) is 4.42 Å². The molecule has 0 aliphatic carbocycles. The number of benzene rings is 2. The number of oxazole rings is 1. The molecule has 0 aliphatic rings. The summed E-state index contributed by atoms with van der Waals surface area (Å²) in [6.07, 6.45) is 3.03. The standard InChI is InChI=1S/C18H13N3O2/c22-16-10-20-21(15-9-5-4-8-14(15)16)12-18-19-11-17(23-18)13-6-2-1-3-7-13/h1-11H,12H2. The first kappa shape index (κ1) is 13.5. The summed E-state index contributed by atoms with van der Waals surface area (Å²) in [7, 11) is 0. The molecular formula is C18H13N3O2. The van der Waals surface area contributed by atoms with Crippen LogP contribution in [-0.4, -0.2) is 14.8 Å². The lowest BCUT2D eigenvalue weighted by molar-refractivity contribution is 0.477. The molecule has 0 aliphatic heterocycles. The zero-order valence-electron chi connectivity index (χ0n) is 12.2. The van der Waals surface area contributed by atoms with Crippen molar-refractivity contribution in [2.24, 2.45) is 0 Å². The molecule has 5 nitrogen and oxygen atoms in total. The van der Waals surface area contributed by atoms with Crippen molar-refractivity contribution >= 4 is 10.9 Å². The third-order valence-corrected chi connectivity index (χ3v) is 3.66. The molecule has 0 unspecified atom stereocenters. The molecule has 2 aromatic carbocycles. The number of fused-ring (bicyclic) bond motifs is 1. The maximum atomic E-state index is 11.9. The fourth-order valence-electron chi connectivity index (χ4n) is 2.53. The van der Waals surface area contributed by atoms with E-state index >= 15 is 0 Å². The lowest BCUT2D eigenvalue weighted by Gasteiger charge is -2.06. The van der Waals surface area contributed by atoms with E-state index in [-0.39, 0.29) is 5.43 Å². The van der Waals surface area contributed by atoms with Gasteiger partial charge < -0.3 is 4.42 Å². The summed E-state index contributed by atoms with van der Waals surface area (Å²) in [5, 5.41) is 4.82. The van der Waals surface area contributed by atoms with Crippen LogP contribution in [-0.2, 0) is 6.54 Å². The minimum absolute atomic E-state index is 0.0887. The maximum Gasteiger partial charge on any atom is 0.216 e. The van der Waals surface area contributed by atoms with E-state index in [2.05, 4.69) is 10.1 Å². The highest BCUT2D eigenvalue weighted by molar-refractivity contribution is 5.77. The molecule has 4 aromatic rings. The Kier molecular flexibility index (Phi) is 3.24. The van der Waals surface area contributed by atoms with Crippen molar-refractivity contribution < 1.29 is 4.42 Å². The van der Waals surface area contributed by atoms with Crippen molar-refractivity contribution in [2.45, 2.75) is 6.54 Å². The average Bonchev–Trinajstić information content (AvgIpc) is 3.07. The highest BCUT2D eigenvalue weighted by Crippen LogP contribution is 2.20. The van der Waals surface area contributed by atoms with Crippen LogP contribution < -0.4 is 5.43 Å². The quantitative estimate of drug-likeness (QED) is 0.583. The molecule has 112 valence electrons. The van der Waals surface area contributed by atoms with Gasteiger partial charge in [0.2, 0.25) is 11.3 Å². The molecule has 0 saturated heterocycles. The Balaban J connectivity index is 1.71. The topological polar surface area (TPSA) is 60.9 Å². The van der Waals surface area contributed by atoms with Crippen LogP contribution >= 0.6 is 0 Å². The Bertz CT molecular complexity index is 1020. The summed E-state index contributed by atoms with van der Waals surface area (Å²) in [6, 6.07) is 17.2. The number of aromatic nitrogens is 3. The van der Waals surface area contributed by atoms with E-state index < -0.39 is 0 Å². The molecule has 4 rings (SSSR count). The van der Waals surface area contributed by atoms with Crippen LogP contribution in [0.25, 0.3) is 22.2 Å². The molecule has 5 heteroatoms. The first-order chi connectivity index (χ1) is 11.3. The predicted octanol–water partition coefficient (Wildman–Crippen LogP) is 3.10. The average molecular weight is 303 g/mol. The molecule has 0 amide bonds. The number of rotatable bonds is 3. The van der Waals surface area contributed by atoms with Gasteiger partial charge in [0.25, 0.3) is 0 Å². The fraction of sp³-hybridized carbons (Fsp3) is 0.0556. The van der Waals surface area contributed by atoms with Crippen molar-refractivity contribution in [3.05, 3.63) is 83.1 Å². The first-order valence-electron chi connectivity index (χ1n) is 7.26. The van der Waals surface area contributed by atoms with Gasteiger partial charge in [0.1, 0.15) is 6.54 Å². The second kappa shape index (κ2) is 5.53. The molecule has 0 bridgehead atoms. The second-order valence-electron chi connectivity index (χ2n) is 5.17. The number of para-hydroxylation sites is 1. The van der Waals surface area contributed by atoms with E-state index in [0.717, 1.165) is 11.1 Å². The highest BCUT2D eigenvalue weighted by atomic mass is 16.4. The Morgan fingerprint density at radius 2 is 1.74 bits per heavy atom. The largest absolute Gasteiger partial charge is 0.439 e. The molecule has 0 saturated carbocycles. The SMILES string of the molecule is O=c1cnn(Cc2ncc(-c3ccccc3)o2)c2ccccc12. The van der Waals surface area contributed by atoms with Crippen LogP contribution in [0.5, 0.6) is 0 Å². The first-order valence-corrected chi connectivity index (χ1v) is 7.26. The van der Waals surface area contributed by atoms with E-state index in [0.29, 0.717) is 23.6 Å². The minimum atomic E-state index is -0.0887. The lowest BCUT2D eigenvalue weighted by atomic mass is 10.2. The van der Waals surface area contributed by atoms with Gasteiger partial charge in [0.05, 0.1) is 17.9 Å². The minimum Gasteiger partial charge on any atom is -0.439 e. The second-order valence-corrected chi connectivity index (χ2v) is 5.17. The Labute approximate surface area is 131 Å². The van der Waals surface area contributed by atoms with Crippen LogP contribution in [0.2, 0.25) is 0 Å². The summed E-state index contributed by atoms with van der Waals surface area (Å²) >= 11 is 0. The maximum absolute atomic E-state index is 11.9. The summed E-state index contributed by atoms with van der Waals surface area (Å²) in [4.78, 5) is 16.2. The van der Waals surface area contributed by atoms with E-state index in [1.54, 1.807) is 16.9 Å². The molecule has 2 aromatic heterocycles. The highest BCUT2D eigenvalue weighted by Gasteiger charge is 2.09. The third kappa shape index (κ3) is 2.53. The Hall–Kier alpha value is -3.21. The molecular weight excluding hydrogens is 290 g/mol. The van der Waals surface area contributed by atoms with Crippen LogP contribution in [0, 0.1) is 0 Å². The van der Waals surface area contributed by atoms with Crippen molar-refractivity contribution in [1.29, 1.82) is 0 Å². The van der Waals surface area contributed by atoms with Gasteiger partial charge in [0, 0.05) is 10.9 Å². The molecule has 0 atom stereocenters. The number of hydrogen-bond donors (Lipinski definition) is 0. The van der Waals surface area contributed by atoms with Crippen molar-refractivity contribution in [3.63, 3.8) is 0 Å². The van der Waals surface area contributed by atoms with Gasteiger partial charge in [-0.25, -0.2) is 4.98 Å². The molecule has 0 N–H and O–H groups in total. The predicted molar refractivity (Wildman–Crippen MR) is 87.0 cm³/mol. The van der Waals surface area contributed by atoms with Gasteiger partial charge in [-0.15, -0.1) is 0 Å². The third-order valence-electron chi connectivity index (χ3n) is 3.66. The Morgan fingerprint density at radius 1 is 0.957 bits per heavy atom. The van der Waals surface area contributed by atoms with E-state index in [1.807, 2.05) is 48.5 Å². The van der Waals surface area contributed by atoms with Gasteiger partial charge in [-0.2, -0.15) is 5.10 Å². The zero-order valence-corrected chi connectivity index (χ0v) is 12.2. The normalized spacial score (nSPS) is 11.0.